The lowest BCUT2D eigenvalue weighted by Gasteiger charge is -2.32. The fourth-order valence-electron chi connectivity index (χ4n) is 2.96. The third-order valence-electron chi connectivity index (χ3n) is 3.95. The van der Waals surface area contributed by atoms with E-state index in [4.69, 9.17) is 0 Å². The standard InChI is InChI=1S/C15H16N2O2S/c1-11-6-7-13-14(9-11)20(18,19)15(10-16)12-5-3-2-4-8-17(12)13/h6-7,9H,2-5,8H2,1H3. The number of hydrogen-bond donors (Lipinski definition) is 0. The Morgan fingerprint density at radius 2 is 2.05 bits per heavy atom. The van der Waals surface area contributed by atoms with Crippen LogP contribution in [-0.4, -0.2) is 15.0 Å². The summed E-state index contributed by atoms with van der Waals surface area (Å²) >= 11 is 0. The van der Waals surface area contributed by atoms with Crippen LogP contribution in [0, 0.1) is 18.3 Å². The van der Waals surface area contributed by atoms with Crippen molar-refractivity contribution in [1.29, 1.82) is 5.26 Å². The van der Waals surface area contributed by atoms with Crippen molar-refractivity contribution in [3.05, 3.63) is 34.4 Å². The van der Waals surface area contributed by atoms with Crippen LogP contribution in [0.2, 0.25) is 0 Å². The summed E-state index contributed by atoms with van der Waals surface area (Å²) in [5, 5.41) is 9.34. The summed E-state index contributed by atoms with van der Waals surface area (Å²) in [6.45, 7) is 2.65. The first-order valence-electron chi connectivity index (χ1n) is 6.82. The maximum Gasteiger partial charge on any atom is 0.220 e. The highest BCUT2D eigenvalue weighted by molar-refractivity contribution is 7.95. The highest BCUT2D eigenvalue weighted by Gasteiger charge is 2.36. The summed E-state index contributed by atoms with van der Waals surface area (Å²) in [5.41, 5.74) is 2.30. The number of fused-ring (bicyclic) bond motifs is 3. The van der Waals surface area contributed by atoms with Gasteiger partial charge in [0.1, 0.15) is 6.07 Å². The molecule has 0 aliphatic carbocycles. The Balaban J connectivity index is 2.33. The van der Waals surface area contributed by atoms with E-state index in [9.17, 15) is 13.7 Å². The predicted octanol–water partition coefficient (Wildman–Crippen LogP) is 2.90. The Morgan fingerprint density at radius 1 is 1.25 bits per heavy atom. The van der Waals surface area contributed by atoms with Crippen molar-refractivity contribution >= 4 is 15.5 Å². The Labute approximate surface area is 119 Å². The van der Waals surface area contributed by atoms with Gasteiger partial charge >= 0.3 is 0 Å². The molecule has 20 heavy (non-hydrogen) atoms. The zero-order valence-corrected chi connectivity index (χ0v) is 12.2. The van der Waals surface area contributed by atoms with E-state index < -0.39 is 9.84 Å². The largest absolute Gasteiger partial charge is 0.342 e. The van der Waals surface area contributed by atoms with Crippen molar-refractivity contribution in [2.75, 3.05) is 11.4 Å². The average molecular weight is 288 g/mol. The first kappa shape index (κ1) is 13.2. The van der Waals surface area contributed by atoms with Gasteiger partial charge in [0.15, 0.2) is 4.91 Å². The molecule has 1 fully saturated rings. The Bertz CT molecular complexity index is 742. The quantitative estimate of drug-likeness (QED) is 0.736. The first-order chi connectivity index (χ1) is 9.55. The number of nitrogens with zero attached hydrogens (tertiary/aromatic N) is 2. The molecule has 0 saturated carbocycles. The van der Waals surface area contributed by atoms with Crippen LogP contribution in [-0.2, 0) is 9.84 Å². The number of benzene rings is 1. The summed E-state index contributed by atoms with van der Waals surface area (Å²) in [7, 11) is -3.67. The van der Waals surface area contributed by atoms with Crippen LogP contribution < -0.4 is 4.90 Å². The predicted molar refractivity (Wildman–Crippen MR) is 76.8 cm³/mol. The van der Waals surface area contributed by atoms with Gasteiger partial charge in [0, 0.05) is 12.2 Å². The number of aryl methyl sites for hydroxylation is 1. The molecule has 0 bridgehead atoms. The molecule has 2 aliphatic rings. The van der Waals surface area contributed by atoms with E-state index in [2.05, 4.69) is 0 Å². The Hall–Kier alpha value is -1.80. The van der Waals surface area contributed by atoms with Gasteiger partial charge in [-0.3, -0.25) is 0 Å². The van der Waals surface area contributed by atoms with Crippen LogP contribution in [0.3, 0.4) is 0 Å². The number of nitriles is 1. The molecule has 2 aliphatic heterocycles. The van der Waals surface area contributed by atoms with Crippen LogP contribution in [0.25, 0.3) is 0 Å². The summed E-state index contributed by atoms with van der Waals surface area (Å²) < 4.78 is 25.3. The van der Waals surface area contributed by atoms with Crippen molar-refractivity contribution in [2.45, 2.75) is 37.5 Å². The Kier molecular flexibility index (Phi) is 3.06. The minimum atomic E-state index is -3.67. The van der Waals surface area contributed by atoms with Crippen molar-refractivity contribution in [3.63, 3.8) is 0 Å². The van der Waals surface area contributed by atoms with Gasteiger partial charge in [-0.25, -0.2) is 8.42 Å². The highest BCUT2D eigenvalue weighted by atomic mass is 32.2. The van der Waals surface area contributed by atoms with E-state index in [1.54, 1.807) is 6.07 Å². The molecule has 1 aromatic rings. The van der Waals surface area contributed by atoms with Gasteiger partial charge < -0.3 is 4.90 Å². The summed E-state index contributed by atoms with van der Waals surface area (Å²) in [4.78, 5) is 2.25. The SMILES string of the molecule is Cc1ccc2c(c1)S(=O)(=O)C(C#N)=C1CCCCCN12. The van der Waals surface area contributed by atoms with Crippen molar-refractivity contribution in [2.24, 2.45) is 0 Å². The molecule has 0 unspecified atom stereocenters. The molecule has 0 aromatic heterocycles. The van der Waals surface area contributed by atoms with Crippen LogP contribution in [0.15, 0.2) is 33.7 Å². The lowest BCUT2D eigenvalue weighted by Crippen LogP contribution is -2.30. The van der Waals surface area contributed by atoms with E-state index in [0.717, 1.165) is 37.1 Å². The molecule has 0 spiro atoms. The second-order valence-electron chi connectivity index (χ2n) is 5.32. The number of sulfone groups is 1. The van der Waals surface area contributed by atoms with Gasteiger partial charge in [-0.2, -0.15) is 5.26 Å². The zero-order chi connectivity index (χ0) is 14.3. The zero-order valence-electron chi connectivity index (χ0n) is 11.4. The van der Waals surface area contributed by atoms with Crippen LogP contribution in [0.5, 0.6) is 0 Å². The minimum absolute atomic E-state index is 0.0579. The summed E-state index contributed by atoms with van der Waals surface area (Å²) in [6.07, 6.45) is 3.69. The molecular weight excluding hydrogens is 272 g/mol. The fraction of sp³-hybridized carbons (Fsp3) is 0.400. The third kappa shape index (κ3) is 1.83. The van der Waals surface area contributed by atoms with E-state index in [1.807, 2.05) is 30.0 Å². The molecule has 5 heteroatoms. The van der Waals surface area contributed by atoms with E-state index in [0.29, 0.717) is 12.1 Å². The molecule has 0 atom stereocenters. The monoisotopic (exact) mass is 288 g/mol. The topological polar surface area (TPSA) is 61.2 Å². The second kappa shape index (κ2) is 4.64. The number of hydrogen-bond acceptors (Lipinski definition) is 4. The van der Waals surface area contributed by atoms with Crippen molar-refractivity contribution in [1.82, 2.24) is 0 Å². The fourth-order valence-corrected chi connectivity index (χ4v) is 4.62. The summed E-state index contributed by atoms with van der Waals surface area (Å²) in [6, 6.07) is 7.39. The second-order valence-corrected chi connectivity index (χ2v) is 7.18. The van der Waals surface area contributed by atoms with Gasteiger partial charge in [-0.1, -0.05) is 12.5 Å². The van der Waals surface area contributed by atoms with Gasteiger partial charge in [0.2, 0.25) is 9.84 Å². The van der Waals surface area contributed by atoms with E-state index >= 15 is 0 Å². The Morgan fingerprint density at radius 3 is 2.80 bits per heavy atom. The lowest BCUT2D eigenvalue weighted by atomic mass is 10.1. The molecule has 0 radical (unpaired) electrons. The maximum absolute atomic E-state index is 12.6. The first-order valence-corrected chi connectivity index (χ1v) is 8.30. The molecule has 1 aromatic carbocycles. The lowest BCUT2D eigenvalue weighted by molar-refractivity contribution is 0.600. The molecule has 2 heterocycles. The molecule has 104 valence electrons. The number of rotatable bonds is 0. The van der Waals surface area contributed by atoms with Crippen molar-refractivity contribution in [3.8, 4) is 6.07 Å². The summed E-state index contributed by atoms with van der Waals surface area (Å²) in [5.74, 6) is 0. The molecule has 0 N–H and O–H groups in total. The molecule has 1 saturated heterocycles. The van der Waals surface area contributed by atoms with Crippen LogP contribution >= 0.6 is 0 Å². The van der Waals surface area contributed by atoms with E-state index in [-0.39, 0.29) is 9.80 Å². The van der Waals surface area contributed by atoms with Gasteiger partial charge in [-0.05, 0) is 43.9 Å². The number of allylic oxidation sites excluding steroid dienone is 2. The number of anilines is 1. The molecule has 3 rings (SSSR count). The minimum Gasteiger partial charge on any atom is -0.342 e. The van der Waals surface area contributed by atoms with Crippen molar-refractivity contribution < 1.29 is 8.42 Å². The van der Waals surface area contributed by atoms with E-state index in [1.165, 1.54) is 0 Å². The molecule has 0 amide bonds. The van der Waals surface area contributed by atoms with Gasteiger partial charge in [0.25, 0.3) is 0 Å². The van der Waals surface area contributed by atoms with Crippen LogP contribution in [0.4, 0.5) is 5.69 Å². The van der Waals surface area contributed by atoms with Gasteiger partial charge in [-0.15, -0.1) is 0 Å². The smallest absolute Gasteiger partial charge is 0.220 e. The molecular formula is C15H16N2O2S. The van der Waals surface area contributed by atoms with Crippen LogP contribution in [0.1, 0.15) is 31.2 Å². The normalized spacial score (nSPS) is 20.7. The average Bonchev–Trinajstić information content (AvgIpc) is 2.65. The maximum atomic E-state index is 12.6. The van der Waals surface area contributed by atoms with Gasteiger partial charge in [0.05, 0.1) is 10.6 Å². The molecule has 4 nitrogen and oxygen atoms in total. The highest BCUT2D eigenvalue weighted by Crippen LogP contribution is 2.41. The third-order valence-corrected chi connectivity index (χ3v) is 5.72.